The predicted molar refractivity (Wildman–Crippen MR) is 76.0 cm³/mol. The summed E-state index contributed by atoms with van der Waals surface area (Å²) in [5.41, 5.74) is 2.95. The van der Waals surface area contributed by atoms with Gasteiger partial charge in [-0.3, -0.25) is 9.59 Å². The highest BCUT2D eigenvalue weighted by atomic mass is 79.9. The van der Waals surface area contributed by atoms with Gasteiger partial charge in [0.2, 0.25) is 11.8 Å². The molecule has 0 aromatic heterocycles. The average Bonchev–Trinajstić information content (AvgIpc) is 2.33. The van der Waals surface area contributed by atoms with Crippen molar-refractivity contribution in [2.75, 3.05) is 17.2 Å². The molecule has 2 N–H and O–H groups in total. The SMILES string of the molecule is Cc1cccc(NC(=O)CNC(=O)CCBr)c1C. The summed E-state index contributed by atoms with van der Waals surface area (Å²) < 4.78 is 0. The second-order valence-electron chi connectivity index (χ2n) is 4.01. The molecule has 0 saturated carbocycles. The fraction of sp³-hybridized carbons (Fsp3) is 0.385. The topological polar surface area (TPSA) is 58.2 Å². The van der Waals surface area contributed by atoms with E-state index in [4.69, 9.17) is 0 Å². The third kappa shape index (κ3) is 4.49. The van der Waals surface area contributed by atoms with E-state index in [1.807, 2.05) is 32.0 Å². The zero-order valence-corrected chi connectivity index (χ0v) is 12.1. The first-order valence-corrected chi connectivity index (χ1v) is 6.85. The predicted octanol–water partition coefficient (Wildman–Crippen LogP) is 2.14. The van der Waals surface area contributed by atoms with Crippen molar-refractivity contribution in [2.24, 2.45) is 0 Å². The summed E-state index contributed by atoms with van der Waals surface area (Å²) in [6.45, 7) is 3.94. The van der Waals surface area contributed by atoms with Crippen LogP contribution in [0.3, 0.4) is 0 Å². The largest absolute Gasteiger partial charge is 0.347 e. The molecule has 98 valence electrons. The number of carbonyl (C=O) groups is 2. The third-order valence-electron chi connectivity index (χ3n) is 2.65. The molecular formula is C13H17BrN2O2. The number of rotatable bonds is 5. The molecule has 0 bridgehead atoms. The number of alkyl halides is 1. The lowest BCUT2D eigenvalue weighted by atomic mass is 10.1. The Morgan fingerprint density at radius 3 is 2.61 bits per heavy atom. The lowest BCUT2D eigenvalue weighted by Gasteiger charge is -2.10. The van der Waals surface area contributed by atoms with E-state index in [2.05, 4.69) is 26.6 Å². The van der Waals surface area contributed by atoms with Crippen LogP contribution in [0.15, 0.2) is 18.2 Å². The Bertz CT molecular complexity index is 447. The molecule has 0 aliphatic heterocycles. The van der Waals surface area contributed by atoms with E-state index in [1.165, 1.54) is 0 Å². The maximum atomic E-state index is 11.6. The average molecular weight is 313 g/mol. The fourth-order valence-corrected chi connectivity index (χ4v) is 1.79. The molecule has 0 saturated heterocycles. The third-order valence-corrected chi connectivity index (χ3v) is 3.04. The van der Waals surface area contributed by atoms with Crippen LogP contribution in [0.4, 0.5) is 5.69 Å². The molecular weight excluding hydrogens is 296 g/mol. The van der Waals surface area contributed by atoms with Crippen LogP contribution < -0.4 is 10.6 Å². The van der Waals surface area contributed by atoms with Gasteiger partial charge < -0.3 is 10.6 Å². The van der Waals surface area contributed by atoms with Gasteiger partial charge >= 0.3 is 0 Å². The Morgan fingerprint density at radius 2 is 1.94 bits per heavy atom. The summed E-state index contributed by atoms with van der Waals surface area (Å²) in [6.07, 6.45) is 0.372. The first-order chi connectivity index (χ1) is 8.54. The molecule has 1 aromatic carbocycles. The summed E-state index contributed by atoms with van der Waals surface area (Å²) in [5.74, 6) is -0.352. The molecule has 0 heterocycles. The van der Waals surface area contributed by atoms with Crippen molar-refractivity contribution < 1.29 is 9.59 Å². The van der Waals surface area contributed by atoms with E-state index in [-0.39, 0.29) is 18.4 Å². The number of aryl methyl sites for hydroxylation is 1. The maximum Gasteiger partial charge on any atom is 0.243 e. The Hall–Kier alpha value is -1.36. The van der Waals surface area contributed by atoms with Crippen molar-refractivity contribution in [3.05, 3.63) is 29.3 Å². The van der Waals surface area contributed by atoms with E-state index in [0.717, 1.165) is 16.8 Å². The number of amides is 2. The molecule has 18 heavy (non-hydrogen) atoms. The van der Waals surface area contributed by atoms with E-state index in [0.29, 0.717) is 11.8 Å². The van der Waals surface area contributed by atoms with Crippen molar-refractivity contribution in [1.29, 1.82) is 0 Å². The minimum atomic E-state index is -0.216. The number of anilines is 1. The highest BCUT2D eigenvalue weighted by Crippen LogP contribution is 2.17. The molecule has 1 aromatic rings. The van der Waals surface area contributed by atoms with E-state index in [1.54, 1.807) is 0 Å². The van der Waals surface area contributed by atoms with Crippen molar-refractivity contribution in [1.82, 2.24) is 5.32 Å². The van der Waals surface area contributed by atoms with Crippen molar-refractivity contribution >= 4 is 33.4 Å². The quantitative estimate of drug-likeness (QED) is 0.818. The van der Waals surface area contributed by atoms with Gasteiger partial charge in [0, 0.05) is 17.4 Å². The molecule has 0 unspecified atom stereocenters. The Kier molecular flexibility index (Phi) is 5.85. The molecule has 4 nitrogen and oxygen atoms in total. The normalized spacial score (nSPS) is 9.94. The number of benzene rings is 1. The van der Waals surface area contributed by atoms with Crippen LogP contribution in [0.2, 0.25) is 0 Å². The van der Waals surface area contributed by atoms with Gasteiger partial charge in [-0.1, -0.05) is 28.1 Å². The zero-order valence-electron chi connectivity index (χ0n) is 10.5. The highest BCUT2D eigenvalue weighted by Gasteiger charge is 2.07. The molecule has 0 aliphatic carbocycles. The van der Waals surface area contributed by atoms with E-state index < -0.39 is 0 Å². The van der Waals surface area contributed by atoms with Gasteiger partial charge in [-0.25, -0.2) is 0 Å². The molecule has 0 fully saturated rings. The molecule has 2 amide bonds. The van der Waals surface area contributed by atoms with Crippen LogP contribution in [0.5, 0.6) is 0 Å². The van der Waals surface area contributed by atoms with Crippen molar-refractivity contribution in [3.63, 3.8) is 0 Å². The Balaban J connectivity index is 2.50. The monoisotopic (exact) mass is 312 g/mol. The number of halogens is 1. The summed E-state index contributed by atoms with van der Waals surface area (Å²) in [6, 6.07) is 5.73. The molecule has 0 aliphatic rings. The molecule has 5 heteroatoms. The van der Waals surface area contributed by atoms with Crippen LogP contribution >= 0.6 is 15.9 Å². The first kappa shape index (κ1) is 14.7. The summed E-state index contributed by atoms with van der Waals surface area (Å²) >= 11 is 3.17. The van der Waals surface area contributed by atoms with Crippen LogP contribution in [-0.2, 0) is 9.59 Å². The molecule has 0 radical (unpaired) electrons. The number of carbonyl (C=O) groups excluding carboxylic acids is 2. The highest BCUT2D eigenvalue weighted by molar-refractivity contribution is 9.09. The minimum Gasteiger partial charge on any atom is -0.347 e. The van der Waals surface area contributed by atoms with Crippen LogP contribution in [-0.4, -0.2) is 23.7 Å². The molecule has 0 atom stereocenters. The van der Waals surface area contributed by atoms with Crippen LogP contribution in [0.1, 0.15) is 17.5 Å². The number of hydrogen-bond acceptors (Lipinski definition) is 2. The van der Waals surface area contributed by atoms with Gasteiger partial charge in [0.05, 0.1) is 6.54 Å². The van der Waals surface area contributed by atoms with Gasteiger partial charge in [0.25, 0.3) is 0 Å². The maximum absolute atomic E-state index is 11.6. The van der Waals surface area contributed by atoms with E-state index >= 15 is 0 Å². The Labute approximate surface area is 115 Å². The second kappa shape index (κ2) is 7.16. The standard InChI is InChI=1S/C13H17BrN2O2/c1-9-4-3-5-11(10(9)2)16-13(18)8-15-12(17)6-7-14/h3-5H,6-8H2,1-2H3,(H,15,17)(H,16,18). The zero-order chi connectivity index (χ0) is 13.5. The van der Waals surface area contributed by atoms with E-state index in [9.17, 15) is 9.59 Å². The minimum absolute atomic E-state index is 0.000779. The molecule has 1 rings (SSSR count). The molecule has 0 spiro atoms. The van der Waals surface area contributed by atoms with Gasteiger partial charge in [0.1, 0.15) is 0 Å². The summed E-state index contributed by atoms with van der Waals surface area (Å²) in [4.78, 5) is 22.8. The number of nitrogens with one attached hydrogen (secondary N) is 2. The van der Waals surface area contributed by atoms with Gasteiger partial charge in [-0.15, -0.1) is 0 Å². The van der Waals surface area contributed by atoms with Gasteiger partial charge in [-0.2, -0.15) is 0 Å². The van der Waals surface area contributed by atoms with Crippen molar-refractivity contribution in [2.45, 2.75) is 20.3 Å². The Morgan fingerprint density at radius 1 is 1.22 bits per heavy atom. The second-order valence-corrected chi connectivity index (χ2v) is 4.80. The van der Waals surface area contributed by atoms with Gasteiger partial charge in [-0.05, 0) is 31.0 Å². The van der Waals surface area contributed by atoms with Crippen molar-refractivity contribution in [3.8, 4) is 0 Å². The van der Waals surface area contributed by atoms with Crippen LogP contribution in [0, 0.1) is 13.8 Å². The fourth-order valence-electron chi connectivity index (χ4n) is 1.43. The lowest BCUT2D eigenvalue weighted by molar-refractivity contribution is -0.123. The van der Waals surface area contributed by atoms with Crippen LogP contribution in [0.25, 0.3) is 0 Å². The first-order valence-electron chi connectivity index (χ1n) is 5.73. The number of hydrogen-bond donors (Lipinski definition) is 2. The summed E-state index contributed by atoms with van der Waals surface area (Å²) in [5, 5.41) is 5.93. The summed E-state index contributed by atoms with van der Waals surface area (Å²) in [7, 11) is 0. The lowest BCUT2D eigenvalue weighted by Crippen LogP contribution is -2.33. The van der Waals surface area contributed by atoms with Gasteiger partial charge in [0.15, 0.2) is 0 Å². The smallest absolute Gasteiger partial charge is 0.243 e.